The smallest absolute Gasteiger partial charge is 0.274 e. The summed E-state index contributed by atoms with van der Waals surface area (Å²) in [6.45, 7) is 3.37. The number of nitrogens with zero attached hydrogens (tertiary/aromatic N) is 2. The Hall–Kier alpha value is -2.40. The minimum atomic E-state index is -0.360. The molecular formula is C20H22ClN3O2. The van der Waals surface area contributed by atoms with E-state index in [1.807, 2.05) is 11.8 Å². The minimum Gasteiger partial charge on any atom is -0.339 e. The van der Waals surface area contributed by atoms with Gasteiger partial charge in [-0.25, -0.2) is 0 Å². The molecule has 2 heterocycles. The quantitative estimate of drug-likeness (QED) is 0.874. The van der Waals surface area contributed by atoms with Gasteiger partial charge in [0.25, 0.3) is 11.8 Å². The van der Waals surface area contributed by atoms with E-state index in [0.717, 1.165) is 44.3 Å². The standard InChI is InChI=1S/C20H22ClN3O2/c1-14-16(21)7-6-8-17(14)23-19(25)18-13-15(9-10-22-18)20(26)24-11-4-2-3-5-12-24/h6-10,13H,2-5,11-12H2,1H3,(H,23,25). The Labute approximate surface area is 158 Å². The Morgan fingerprint density at radius 1 is 1.12 bits per heavy atom. The van der Waals surface area contributed by atoms with Crippen molar-refractivity contribution in [3.63, 3.8) is 0 Å². The van der Waals surface area contributed by atoms with E-state index in [2.05, 4.69) is 10.3 Å². The molecule has 1 aliphatic heterocycles. The third-order valence-corrected chi connectivity index (χ3v) is 5.06. The summed E-state index contributed by atoms with van der Waals surface area (Å²) in [5.74, 6) is -0.400. The van der Waals surface area contributed by atoms with Gasteiger partial charge in [0.05, 0.1) is 0 Å². The van der Waals surface area contributed by atoms with Gasteiger partial charge in [-0.05, 0) is 49.6 Å². The maximum absolute atomic E-state index is 12.7. The van der Waals surface area contributed by atoms with Crippen LogP contribution < -0.4 is 5.32 Å². The second-order valence-corrected chi connectivity index (χ2v) is 6.91. The summed E-state index contributed by atoms with van der Waals surface area (Å²) in [5.41, 5.74) is 2.13. The molecule has 1 aliphatic rings. The van der Waals surface area contributed by atoms with Crippen molar-refractivity contribution in [3.8, 4) is 0 Å². The third kappa shape index (κ3) is 4.22. The van der Waals surface area contributed by atoms with Crippen LogP contribution in [0.2, 0.25) is 5.02 Å². The first kappa shape index (κ1) is 18.4. The van der Waals surface area contributed by atoms with E-state index in [1.54, 1.807) is 30.3 Å². The lowest BCUT2D eigenvalue weighted by atomic mass is 10.1. The van der Waals surface area contributed by atoms with E-state index in [4.69, 9.17) is 11.6 Å². The molecule has 1 N–H and O–H groups in total. The van der Waals surface area contributed by atoms with Gasteiger partial charge >= 0.3 is 0 Å². The van der Waals surface area contributed by atoms with Gasteiger partial charge in [-0.15, -0.1) is 0 Å². The van der Waals surface area contributed by atoms with Crippen molar-refractivity contribution < 1.29 is 9.59 Å². The number of nitrogens with one attached hydrogen (secondary N) is 1. The van der Waals surface area contributed by atoms with Crippen LogP contribution in [0.1, 0.15) is 52.1 Å². The molecule has 0 bridgehead atoms. The van der Waals surface area contributed by atoms with Gasteiger partial charge in [0.2, 0.25) is 0 Å². The van der Waals surface area contributed by atoms with E-state index < -0.39 is 0 Å². The van der Waals surface area contributed by atoms with Gasteiger partial charge in [0.15, 0.2) is 0 Å². The van der Waals surface area contributed by atoms with E-state index in [0.29, 0.717) is 16.3 Å². The molecule has 6 heteroatoms. The second-order valence-electron chi connectivity index (χ2n) is 6.50. The van der Waals surface area contributed by atoms with Crippen LogP contribution in [0.5, 0.6) is 0 Å². The van der Waals surface area contributed by atoms with Crippen LogP contribution in [0.3, 0.4) is 0 Å². The molecular weight excluding hydrogens is 350 g/mol. The fourth-order valence-electron chi connectivity index (χ4n) is 3.07. The van der Waals surface area contributed by atoms with Crippen molar-refractivity contribution in [2.45, 2.75) is 32.6 Å². The second kappa shape index (κ2) is 8.32. The van der Waals surface area contributed by atoms with Gasteiger partial charge in [-0.1, -0.05) is 30.5 Å². The Balaban J connectivity index is 1.76. The molecule has 0 spiro atoms. The third-order valence-electron chi connectivity index (χ3n) is 4.65. The number of halogens is 1. The Bertz CT molecular complexity index is 814. The molecule has 136 valence electrons. The number of hydrogen-bond acceptors (Lipinski definition) is 3. The van der Waals surface area contributed by atoms with Crippen molar-refractivity contribution >= 4 is 29.1 Å². The molecule has 1 saturated heterocycles. The summed E-state index contributed by atoms with van der Waals surface area (Å²) in [4.78, 5) is 31.3. The van der Waals surface area contributed by atoms with Crippen LogP contribution in [0.4, 0.5) is 5.69 Å². The first-order chi connectivity index (χ1) is 12.6. The molecule has 5 nitrogen and oxygen atoms in total. The van der Waals surface area contributed by atoms with Crippen LogP contribution in [0.25, 0.3) is 0 Å². The van der Waals surface area contributed by atoms with Crippen LogP contribution in [0, 0.1) is 6.92 Å². The normalized spacial score (nSPS) is 14.6. The zero-order valence-electron chi connectivity index (χ0n) is 14.8. The number of pyridine rings is 1. The summed E-state index contributed by atoms with van der Waals surface area (Å²) in [6, 6.07) is 8.55. The number of carbonyl (C=O) groups excluding carboxylic acids is 2. The number of aromatic nitrogens is 1. The molecule has 0 unspecified atom stereocenters. The number of carbonyl (C=O) groups is 2. The zero-order valence-corrected chi connectivity index (χ0v) is 15.6. The largest absolute Gasteiger partial charge is 0.339 e. The molecule has 26 heavy (non-hydrogen) atoms. The number of anilines is 1. The fourth-order valence-corrected chi connectivity index (χ4v) is 3.25. The number of likely N-dealkylation sites (tertiary alicyclic amines) is 1. The summed E-state index contributed by atoms with van der Waals surface area (Å²) < 4.78 is 0. The molecule has 1 aromatic carbocycles. The number of benzene rings is 1. The monoisotopic (exact) mass is 371 g/mol. The fraction of sp³-hybridized carbons (Fsp3) is 0.350. The van der Waals surface area contributed by atoms with Gasteiger partial charge in [-0.2, -0.15) is 0 Å². The molecule has 1 fully saturated rings. The minimum absolute atomic E-state index is 0.0395. The lowest BCUT2D eigenvalue weighted by Gasteiger charge is -2.20. The maximum atomic E-state index is 12.7. The van der Waals surface area contributed by atoms with Crippen LogP contribution in [0.15, 0.2) is 36.5 Å². The summed E-state index contributed by atoms with van der Waals surface area (Å²) in [5, 5.41) is 3.40. The molecule has 0 aliphatic carbocycles. The molecule has 0 saturated carbocycles. The molecule has 0 atom stereocenters. The maximum Gasteiger partial charge on any atom is 0.274 e. The number of hydrogen-bond donors (Lipinski definition) is 1. The van der Waals surface area contributed by atoms with Gasteiger partial charge in [0.1, 0.15) is 5.69 Å². The summed E-state index contributed by atoms with van der Waals surface area (Å²) in [7, 11) is 0. The topological polar surface area (TPSA) is 62.3 Å². The predicted octanol–water partition coefficient (Wildman–Crippen LogP) is 4.31. The van der Waals surface area contributed by atoms with Crippen LogP contribution >= 0.6 is 11.6 Å². The molecule has 2 amide bonds. The highest BCUT2D eigenvalue weighted by Gasteiger charge is 2.19. The molecule has 0 radical (unpaired) electrons. The summed E-state index contributed by atoms with van der Waals surface area (Å²) in [6.07, 6.45) is 5.88. The highest BCUT2D eigenvalue weighted by atomic mass is 35.5. The molecule has 1 aromatic heterocycles. The number of rotatable bonds is 3. The van der Waals surface area contributed by atoms with E-state index >= 15 is 0 Å². The van der Waals surface area contributed by atoms with Crippen LogP contribution in [-0.4, -0.2) is 34.8 Å². The average Bonchev–Trinajstić information content (AvgIpc) is 2.94. The Morgan fingerprint density at radius 3 is 2.58 bits per heavy atom. The van der Waals surface area contributed by atoms with Gasteiger partial charge < -0.3 is 10.2 Å². The van der Waals surface area contributed by atoms with Crippen molar-refractivity contribution in [3.05, 3.63) is 58.4 Å². The van der Waals surface area contributed by atoms with Crippen LogP contribution in [-0.2, 0) is 0 Å². The lowest BCUT2D eigenvalue weighted by molar-refractivity contribution is 0.0761. The number of amides is 2. The Morgan fingerprint density at radius 2 is 1.85 bits per heavy atom. The highest BCUT2D eigenvalue weighted by molar-refractivity contribution is 6.31. The SMILES string of the molecule is Cc1c(Cl)cccc1NC(=O)c1cc(C(=O)N2CCCCCC2)ccn1. The molecule has 3 rings (SSSR count). The predicted molar refractivity (Wildman–Crippen MR) is 103 cm³/mol. The van der Waals surface area contributed by atoms with Crippen molar-refractivity contribution in [2.75, 3.05) is 18.4 Å². The first-order valence-corrected chi connectivity index (χ1v) is 9.26. The Kier molecular flexibility index (Phi) is 5.89. The van der Waals surface area contributed by atoms with Gasteiger partial charge in [-0.3, -0.25) is 14.6 Å². The van der Waals surface area contributed by atoms with E-state index in [1.165, 1.54) is 6.20 Å². The molecule has 2 aromatic rings. The summed E-state index contributed by atoms with van der Waals surface area (Å²) >= 11 is 6.09. The average molecular weight is 372 g/mol. The lowest BCUT2D eigenvalue weighted by Crippen LogP contribution is -2.32. The van der Waals surface area contributed by atoms with E-state index in [-0.39, 0.29) is 17.5 Å². The van der Waals surface area contributed by atoms with Gasteiger partial charge in [0, 0.05) is 35.6 Å². The zero-order chi connectivity index (χ0) is 18.5. The first-order valence-electron chi connectivity index (χ1n) is 8.88. The van der Waals surface area contributed by atoms with Crippen molar-refractivity contribution in [1.82, 2.24) is 9.88 Å². The highest BCUT2D eigenvalue weighted by Crippen LogP contribution is 2.23. The van der Waals surface area contributed by atoms with E-state index in [9.17, 15) is 9.59 Å². The van der Waals surface area contributed by atoms with Crippen molar-refractivity contribution in [1.29, 1.82) is 0 Å². The van der Waals surface area contributed by atoms with Crippen molar-refractivity contribution in [2.24, 2.45) is 0 Å².